The van der Waals surface area contributed by atoms with Crippen LogP contribution in [0.1, 0.15) is 38.3 Å². The van der Waals surface area contributed by atoms with E-state index < -0.39 is 5.97 Å². The Morgan fingerprint density at radius 2 is 1.72 bits per heavy atom. The van der Waals surface area contributed by atoms with Crippen molar-refractivity contribution in [3.8, 4) is 0 Å². The molecule has 0 bridgehead atoms. The molecule has 0 fully saturated rings. The number of carbonyl (C=O) groups is 1. The standard InChI is InChI=1S/C15H23NO2/c1-5-12-6-8-13(9-7-12)11-16(4)15(2,3)10-14(17)18/h6-9H,5,10-11H2,1-4H3,(H,17,18). The minimum Gasteiger partial charge on any atom is -0.481 e. The van der Waals surface area contributed by atoms with Crippen LogP contribution in [0.25, 0.3) is 0 Å². The molecule has 0 aliphatic rings. The molecule has 0 saturated carbocycles. The van der Waals surface area contributed by atoms with E-state index in [9.17, 15) is 4.79 Å². The molecule has 100 valence electrons. The fourth-order valence-electron chi connectivity index (χ4n) is 1.87. The summed E-state index contributed by atoms with van der Waals surface area (Å²) < 4.78 is 0. The summed E-state index contributed by atoms with van der Waals surface area (Å²) in [6, 6.07) is 8.50. The quantitative estimate of drug-likeness (QED) is 0.842. The number of rotatable bonds is 6. The predicted octanol–water partition coefficient (Wildman–Crippen LogP) is 2.93. The van der Waals surface area contributed by atoms with E-state index in [0.717, 1.165) is 13.0 Å². The summed E-state index contributed by atoms with van der Waals surface area (Å²) in [5.41, 5.74) is 2.20. The predicted molar refractivity (Wildman–Crippen MR) is 73.6 cm³/mol. The normalized spacial score (nSPS) is 11.8. The van der Waals surface area contributed by atoms with E-state index in [2.05, 4.69) is 36.1 Å². The van der Waals surface area contributed by atoms with Crippen LogP contribution in [-0.2, 0) is 17.8 Å². The molecule has 3 nitrogen and oxygen atoms in total. The molecule has 1 N–H and O–H groups in total. The van der Waals surface area contributed by atoms with Crippen molar-refractivity contribution in [2.75, 3.05) is 7.05 Å². The van der Waals surface area contributed by atoms with Gasteiger partial charge in [0.25, 0.3) is 0 Å². The molecule has 0 spiro atoms. The second-order valence-corrected chi connectivity index (χ2v) is 5.41. The van der Waals surface area contributed by atoms with E-state index in [4.69, 9.17) is 5.11 Å². The van der Waals surface area contributed by atoms with Crippen LogP contribution in [0.5, 0.6) is 0 Å². The molecular weight excluding hydrogens is 226 g/mol. The summed E-state index contributed by atoms with van der Waals surface area (Å²) >= 11 is 0. The Morgan fingerprint density at radius 3 is 2.17 bits per heavy atom. The lowest BCUT2D eigenvalue weighted by molar-refractivity contribution is -0.139. The molecule has 0 aromatic heterocycles. The molecule has 1 aromatic rings. The Kier molecular flexibility index (Phi) is 4.91. The zero-order valence-electron chi connectivity index (χ0n) is 11.7. The summed E-state index contributed by atoms with van der Waals surface area (Å²) in [5, 5.41) is 8.91. The first-order valence-electron chi connectivity index (χ1n) is 6.36. The van der Waals surface area contributed by atoms with E-state index in [1.54, 1.807) is 0 Å². The van der Waals surface area contributed by atoms with Crippen LogP contribution in [0.15, 0.2) is 24.3 Å². The van der Waals surface area contributed by atoms with Gasteiger partial charge >= 0.3 is 5.97 Å². The maximum Gasteiger partial charge on any atom is 0.305 e. The molecule has 18 heavy (non-hydrogen) atoms. The van der Waals surface area contributed by atoms with E-state index >= 15 is 0 Å². The van der Waals surface area contributed by atoms with Crippen molar-refractivity contribution in [1.82, 2.24) is 4.90 Å². The fraction of sp³-hybridized carbons (Fsp3) is 0.533. The molecular formula is C15H23NO2. The Morgan fingerprint density at radius 1 is 1.22 bits per heavy atom. The second-order valence-electron chi connectivity index (χ2n) is 5.41. The van der Waals surface area contributed by atoms with Gasteiger partial charge in [0.15, 0.2) is 0 Å². The van der Waals surface area contributed by atoms with Crippen LogP contribution >= 0.6 is 0 Å². The van der Waals surface area contributed by atoms with Crippen LogP contribution in [0.2, 0.25) is 0 Å². The molecule has 1 rings (SSSR count). The lowest BCUT2D eigenvalue weighted by Gasteiger charge is -2.34. The van der Waals surface area contributed by atoms with E-state index in [-0.39, 0.29) is 12.0 Å². The minimum atomic E-state index is -0.756. The Hall–Kier alpha value is -1.35. The van der Waals surface area contributed by atoms with Gasteiger partial charge < -0.3 is 5.11 Å². The summed E-state index contributed by atoms with van der Waals surface area (Å²) in [5.74, 6) is -0.756. The fourth-order valence-corrected chi connectivity index (χ4v) is 1.87. The zero-order valence-corrected chi connectivity index (χ0v) is 11.7. The van der Waals surface area contributed by atoms with Crippen molar-refractivity contribution in [3.05, 3.63) is 35.4 Å². The van der Waals surface area contributed by atoms with Gasteiger partial charge in [-0.1, -0.05) is 31.2 Å². The lowest BCUT2D eigenvalue weighted by Crippen LogP contribution is -2.42. The van der Waals surface area contributed by atoms with Gasteiger partial charge in [-0.15, -0.1) is 0 Å². The maximum atomic E-state index is 10.8. The summed E-state index contributed by atoms with van der Waals surface area (Å²) in [6.07, 6.45) is 1.19. The smallest absolute Gasteiger partial charge is 0.305 e. The lowest BCUT2D eigenvalue weighted by atomic mass is 9.98. The topological polar surface area (TPSA) is 40.5 Å². The first kappa shape index (κ1) is 14.7. The maximum absolute atomic E-state index is 10.8. The first-order chi connectivity index (χ1) is 8.35. The van der Waals surface area contributed by atoms with Gasteiger partial charge in [0.1, 0.15) is 0 Å². The van der Waals surface area contributed by atoms with Crippen molar-refractivity contribution in [2.24, 2.45) is 0 Å². The van der Waals surface area contributed by atoms with Crippen LogP contribution in [0, 0.1) is 0 Å². The Balaban J connectivity index is 2.67. The highest BCUT2D eigenvalue weighted by atomic mass is 16.4. The van der Waals surface area contributed by atoms with Gasteiger partial charge in [-0.25, -0.2) is 0 Å². The minimum absolute atomic E-state index is 0.149. The molecule has 0 unspecified atom stereocenters. The molecule has 0 saturated heterocycles. The highest BCUT2D eigenvalue weighted by Gasteiger charge is 2.26. The molecule has 0 atom stereocenters. The van der Waals surface area contributed by atoms with Gasteiger partial charge in [0.2, 0.25) is 0 Å². The Bertz CT molecular complexity index is 395. The van der Waals surface area contributed by atoms with Gasteiger partial charge in [0, 0.05) is 12.1 Å². The number of nitrogens with zero attached hydrogens (tertiary/aromatic N) is 1. The molecule has 1 aromatic carbocycles. The van der Waals surface area contributed by atoms with Gasteiger partial charge in [0.05, 0.1) is 6.42 Å². The number of benzene rings is 1. The Labute approximate surface area is 109 Å². The summed E-state index contributed by atoms with van der Waals surface area (Å²) in [7, 11) is 1.97. The van der Waals surface area contributed by atoms with Gasteiger partial charge in [-0.2, -0.15) is 0 Å². The molecule has 0 amide bonds. The highest BCUT2D eigenvalue weighted by molar-refractivity contribution is 5.68. The molecule has 0 heterocycles. The average molecular weight is 249 g/mol. The number of carboxylic acids is 1. The van der Waals surface area contributed by atoms with Gasteiger partial charge in [-0.3, -0.25) is 9.69 Å². The summed E-state index contributed by atoms with van der Waals surface area (Å²) in [6.45, 7) is 6.82. The van der Waals surface area contributed by atoms with E-state index in [1.807, 2.05) is 20.9 Å². The van der Waals surface area contributed by atoms with Gasteiger partial charge in [-0.05, 0) is 38.4 Å². The average Bonchev–Trinajstić information content (AvgIpc) is 2.28. The van der Waals surface area contributed by atoms with E-state index in [0.29, 0.717) is 0 Å². The first-order valence-corrected chi connectivity index (χ1v) is 6.36. The van der Waals surface area contributed by atoms with Crippen molar-refractivity contribution in [1.29, 1.82) is 0 Å². The van der Waals surface area contributed by atoms with Crippen molar-refractivity contribution >= 4 is 5.97 Å². The monoisotopic (exact) mass is 249 g/mol. The SMILES string of the molecule is CCc1ccc(CN(C)C(C)(C)CC(=O)O)cc1. The van der Waals surface area contributed by atoms with Crippen LogP contribution in [-0.4, -0.2) is 28.6 Å². The zero-order chi connectivity index (χ0) is 13.8. The number of carboxylic acid groups (broad SMARTS) is 1. The van der Waals surface area contributed by atoms with Crippen LogP contribution in [0.3, 0.4) is 0 Å². The van der Waals surface area contributed by atoms with Crippen molar-refractivity contribution in [3.63, 3.8) is 0 Å². The summed E-state index contributed by atoms with van der Waals surface area (Å²) in [4.78, 5) is 12.9. The van der Waals surface area contributed by atoms with Crippen molar-refractivity contribution in [2.45, 2.75) is 45.7 Å². The second kappa shape index (κ2) is 6.01. The third kappa shape index (κ3) is 4.15. The largest absolute Gasteiger partial charge is 0.481 e. The third-order valence-electron chi connectivity index (χ3n) is 3.47. The van der Waals surface area contributed by atoms with Crippen molar-refractivity contribution < 1.29 is 9.90 Å². The van der Waals surface area contributed by atoms with Crippen LogP contribution in [0.4, 0.5) is 0 Å². The molecule has 0 radical (unpaired) electrons. The highest BCUT2D eigenvalue weighted by Crippen LogP contribution is 2.20. The van der Waals surface area contributed by atoms with Crippen LogP contribution < -0.4 is 0 Å². The molecule has 0 aliphatic heterocycles. The third-order valence-corrected chi connectivity index (χ3v) is 3.47. The number of hydrogen-bond donors (Lipinski definition) is 1. The van der Waals surface area contributed by atoms with E-state index in [1.165, 1.54) is 11.1 Å². The number of aliphatic carboxylic acids is 1. The molecule has 0 aliphatic carbocycles. The number of hydrogen-bond acceptors (Lipinski definition) is 2. The molecule has 3 heteroatoms. The number of aryl methyl sites for hydroxylation is 1.